The molecule has 3 aromatic carbocycles. The molecule has 5 heteroatoms. The fraction of sp³-hybridized carbons (Fsp3) is 0.250. The number of rotatable bonds is 7. The average Bonchev–Trinajstić information content (AvgIpc) is 2.83. The Morgan fingerprint density at radius 2 is 1.61 bits per heavy atom. The van der Waals surface area contributed by atoms with Gasteiger partial charge in [0.2, 0.25) is 0 Å². The van der Waals surface area contributed by atoms with Crippen molar-refractivity contribution in [2.45, 2.75) is 6.42 Å². The van der Waals surface area contributed by atoms with Crippen molar-refractivity contribution in [3.05, 3.63) is 90.0 Å². The predicted molar refractivity (Wildman–Crippen MR) is 133 cm³/mol. The van der Waals surface area contributed by atoms with Crippen LogP contribution in [-0.4, -0.2) is 45.1 Å². The summed E-state index contributed by atoms with van der Waals surface area (Å²) in [6.07, 6.45) is 4.52. The molecular formula is C28H30N2O3. The van der Waals surface area contributed by atoms with Gasteiger partial charge in [0, 0.05) is 24.9 Å². The molecule has 1 aliphatic rings. The van der Waals surface area contributed by atoms with Crippen LogP contribution in [0, 0.1) is 5.92 Å². The van der Waals surface area contributed by atoms with E-state index in [1.165, 1.54) is 5.56 Å². The van der Waals surface area contributed by atoms with Gasteiger partial charge >= 0.3 is 0 Å². The van der Waals surface area contributed by atoms with Gasteiger partial charge in [-0.2, -0.15) is 0 Å². The first-order valence-corrected chi connectivity index (χ1v) is 11.2. The molecule has 0 aliphatic carbocycles. The number of nitrogens with zero attached hydrogens (tertiary/aromatic N) is 2. The number of ether oxygens (including phenoxy) is 2. The Morgan fingerprint density at radius 3 is 2.27 bits per heavy atom. The van der Waals surface area contributed by atoms with Crippen LogP contribution in [0.1, 0.15) is 11.1 Å². The molecule has 5 nitrogen and oxygen atoms in total. The lowest BCUT2D eigenvalue weighted by Gasteiger charge is -2.35. The first kappa shape index (κ1) is 22.6. The molecule has 170 valence electrons. The molecule has 0 N–H and O–H groups in total. The Labute approximate surface area is 195 Å². The summed E-state index contributed by atoms with van der Waals surface area (Å²) in [5.41, 5.74) is 3.20. The highest BCUT2D eigenvalue weighted by atomic mass is 16.5. The second kappa shape index (κ2) is 10.4. The Bertz CT molecular complexity index is 1100. The zero-order chi connectivity index (χ0) is 23.2. The maximum absolute atomic E-state index is 13.1. The Kier molecular flexibility index (Phi) is 7.10. The van der Waals surface area contributed by atoms with Crippen LogP contribution < -0.4 is 14.4 Å². The smallest absolute Gasteiger partial charge is 0.251 e. The highest BCUT2D eigenvalue weighted by Gasteiger charge is 2.27. The minimum Gasteiger partial charge on any atom is -0.497 e. The zero-order valence-electron chi connectivity index (χ0n) is 19.4. The lowest BCUT2D eigenvalue weighted by atomic mass is 9.92. The van der Waals surface area contributed by atoms with Crippen LogP contribution >= 0.6 is 0 Å². The van der Waals surface area contributed by atoms with Crippen molar-refractivity contribution in [2.24, 2.45) is 5.92 Å². The fourth-order valence-corrected chi connectivity index (χ4v) is 4.21. The lowest BCUT2D eigenvalue weighted by Crippen LogP contribution is -2.42. The van der Waals surface area contributed by atoms with Gasteiger partial charge in [-0.15, -0.1) is 0 Å². The molecule has 1 unspecified atom stereocenters. The van der Waals surface area contributed by atoms with E-state index in [-0.39, 0.29) is 5.91 Å². The van der Waals surface area contributed by atoms with Crippen molar-refractivity contribution in [1.29, 1.82) is 0 Å². The standard InChI is InChI=1S/C28H30N2O3/c1-29(2)19-22-18-23-6-4-5-7-27(23)30(20-22)28(31)17-10-21-8-11-25(12-9-21)33-26-15-13-24(32-3)14-16-26/h4-17,22H,18-20H2,1-3H3. The molecule has 0 saturated carbocycles. The largest absolute Gasteiger partial charge is 0.497 e. The van der Waals surface area contributed by atoms with Gasteiger partial charge in [-0.25, -0.2) is 0 Å². The molecule has 1 aliphatic heterocycles. The molecule has 33 heavy (non-hydrogen) atoms. The molecule has 1 atom stereocenters. The first-order valence-electron chi connectivity index (χ1n) is 11.2. The van der Waals surface area contributed by atoms with Crippen LogP contribution in [0.2, 0.25) is 0 Å². The second-order valence-electron chi connectivity index (χ2n) is 8.59. The summed E-state index contributed by atoms with van der Waals surface area (Å²) in [4.78, 5) is 17.2. The van der Waals surface area contributed by atoms with Crippen molar-refractivity contribution in [1.82, 2.24) is 4.90 Å². The van der Waals surface area contributed by atoms with Crippen molar-refractivity contribution < 1.29 is 14.3 Å². The molecule has 0 spiro atoms. The maximum Gasteiger partial charge on any atom is 0.251 e. The second-order valence-corrected chi connectivity index (χ2v) is 8.59. The number of amides is 1. The van der Waals surface area contributed by atoms with E-state index in [9.17, 15) is 4.79 Å². The SMILES string of the molecule is COc1ccc(Oc2ccc(C=CC(=O)N3CC(CN(C)C)Cc4ccccc43)cc2)cc1. The van der Waals surface area contributed by atoms with Gasteiger partial charge < -0.3 is 19.3 Å². The van der Waals surface area contributed by atoms with Crippen molar-refractivity contribution in [3.8, 4) is 17.2 Å². The molecule has 0 fully saturated rings. The average molecular weight is 443 g/mol. The molecule has 0 aromatic heterocycles. The molecule has 1 heterocycles. The summed E-state index contributed by atoms with van der Waals surface area (Å²) in [6, 6.07) is 23.4. The van der Waals surface area contributed by atoms with Gasteiger partial charge in [0.1, 0.15) is 17.2 Å². The zero-order valence-corrected chi connectivity index (χ0v) is 19.4. The number of benzene rings is 3. The maximum atomic E-state index is 13.1. The lowest BCUT2D eigenvalue weighted by molar-refractivity contribution is -0.114. The monoisotopic (exact) mass is 442 g/mol. The minimum absolute atomic E-state index is 0.00413. The summed E-state index contributed by atoms with van der Waals surface area (Å²) in [5, 5.41) is 0. The number of fused-ring (bicyclic) bond motifs is 1. The Morgan fingerprint density at radius 1 is 0.970 bits per heavy atom. The van der Waals surface area contributed by atoms with Crippen molar-refractivity contribution in [3.63, 3.8) is 0 Å². The number of hydrogen-bond donors (Lipinski definition) is 0. The van der Waals surface area contributed by atoms with Gasteiger partial charge in [-0.05, 0) is 86.1 Å². The number of methoxy groups -OCH3 is 1. The third kappa shape index (κ3) is 5.82. The summed E-state index contributed by atoms with van der Waals surface area (Å²) < 4.78 is 11.0. The molecule has 4 rings (SSSR count). The van der Waals surface area contributed by atoms with Crippen LogP contribution in [0.25, 0.3) is 6.08 Å². The van der Waals surface area contributed by atoms with Crippen molar-refractivity contribution in [2.75, 3.05) is 39.2 Å². The van der Waals surface area contributed by atoms with E-state index in [1.807, 2.05) is 77.7 Å². The number of carbonyl (C=O) groups is 1. The molecule has 3 aromatic rings. The summed E-state index contributed by atoms with van der Waals surface area (Å²) in [6.45, 7) is 1.69. The van der Waals surface area contributed by atoms with Gasteiger partial charge in [-0.1, -0.05) is 30.3 Å². The third-order valence-electron chi connectivity index (χ3n) is 5.71. The van der Waals surface area contributed by atoms with Gasteiger partial charge in [-0.3, -0.25) is 4.79 Å². The fourth-order valence-electron chi connectivity index (χ4n) is 4.21. The quantitative estimate of drug-likeness (QED) is 0.468. The Balaban J connectivity index is 1.43. The summed E-state index contributed by atoms with van der Waals surface area (Å²) >= 11 is 0. The van der Waals surface area contributed by atoms with E-state index in [2.05, 4.69) is 25.1 Å². The molecule has 0 radical (unpaired) electrons. The van der Waals surface area contributed by atoms with E-state index in [0.29, 0.717) is 5.92 Å². The summed E-state index contributed by atoms with van der Waals surface area (Å²) in [7, 11) is 5.79. The number of carbonyl (C=O) groups excluding carboxylic acids is 1. The van der Waals surface area contributed by atoms with Crippen LogP contribution in [0.15, 0.2) is 78.9 Å². The van der Waals surface area contributed by atoms with E-state index in [4.69, 9.17) is 9.47 Å². The molecule has 0 bridgehead atoms. The van der Waals surface area contributed by atoms with E-state index >= 15 is 0 Å². The van der Waals surface area contributed by atoms with E-state index < -0.39 is 0 Å². The molecule has 1 amide bonds. The van der Waals surface area contributed by atoms with Gasteiger partial charge in [0.05, 0.1) is 7.11 Å². The number of hydrogen-bond acceptors (Lipinski definition) is 4. The van der Waals surface area contributed by atoms with E-state index in [1.54, 1.807) is 13.2 Å². The highest BCUT2D eigenvalue weighted by Crippen LogP contribution is 2.30. The number of para-hydroxylation sites is 1. The molecule has 0 saturated heterocycles. The van der Waals surface area contributed by atoms with E-state index in [0.717, 1.165) is 48.0 Å². The van der Waals surface area contributed by atoms with Gasteiger partial charge in [0.15, 0.2) is 0 Å². The topological polar surface area (TPSA) is 42.0 Å². The Hall–Kier alpha value is -3.57. The van der Waals surface area contributed by atoms with Crippen LogP contribution in [0.4, 0.5) is 5.69 Å². The third-order valence-corrected chi connectivity index (χ3v) is 5.71. The summed E-state index contributed by atoms with van der Waals surface area (Å²) in [5.74, 6) is 2.69. The van der Waals surface area contributed by atoms with Crippen LogP contribution in [0.5, 0.6) is 17.2 Å². The normalized spacial score (nSPS) is 15.5. The number of anilines is 1. The predicted octanol–water partition coefficient (Wildman–Crippen LogP) is 5.27. The van der Waals surface area contributed by atoms with Crippen LogP contribution in [0.3, 0.4) is 0 Å². The minimum atomic E-state index is 0.00413. The van der Waals surface area contributed by atoms with Gasteiger partial charge in [0.25, 0.3) is 5.91 Å². The van der Waals surface area contributed by atoms with Crippen molar-refractivity contribution >= 4 is 17.7 Å². The highest BCUT2D eigenvalue weighted by molar-refractivity contribution is 6.04. The first-order chi connectivity index (χ1) is 16.0. The van der Waals surface area contributed by atoms with Crippen LogP contribution in [-0.2, 0) is 11.2 Å². The molecular weight excluding hydrogens is 412 g/mol.